The number of allylic oxidation sites excluding steroid dienone is 2. The molecule has 1 heteroatoms. The summed E-state index contributed by atoms with van der Waals surface area (Å²) in [5.74, 6) is 0. The van der Waals surface area contributed by atoms with Crippen molar-refractivity contribution in [3.63, 3.8) is 0 Å². The van der Waals surface area contributed by atoms with E-state index in [9.17, 15) is 0 Å². The zero-order chi connectivity index (χ0) is 9.11. The Morgan fingerprint density at radius 3 is 2.27 bits per heavy atom. The van der Waals surface area contributed by atoms with E-state index in [4.69, 9.17) is 5.73 Å². The Balaban J connectivity index is 0. The minimum Gasteiger partial charge on any atom is -0.404 e. The van der Waals surface area contributed by atoms with E-state index in [-0.39, 0.29) is 0 Å². The summed E-state index contributed by atoms with van der Waals surface area (Å²) in [7, 11) is 0. The normalized spacial score (nSPS) is 9.91. The maximum absolute atomic E-state index is 5.29. The highest BCUT2D eigenvalue weighted by Gasteiger charge is 1.87. The molecule has 0 heterocycles. The van der Waals surface area contributed by atoms with Crippen LogP contribution in [-0.4, -0.2) is 0 Å². The van der Waals surface area contributed by atoms with Gasteiger partial charge in [0.2, 0.25) is 0 Å². The van der Waals surface area contributed by atoms with E-state index in [1.54, 1.807) is 6.20 Å². The first-order valence-corrected chi connectivity index (χ1v) is 4.38. The summed E-state index contributed by atoms with van der Waals surface area (Å²) in [5.41, 5.74) is 6.44. The highest BCUT2D eigenvalue weighted by molar-refractivity contribution is 5.13. The Hall–Kier alpha value is -0.720. The summed E-state index contributed by atoms with van der Waals surface area (Å²) in [4.78, 5) is 0. The SMILES string of the molecule is C=C/C(=C\N)CCCC.CC. The average Bonchev–Trinajstić information content (AvgIpc) is 2.10. The van der Waals surface area contributed by atoms with Gasteiger partial charge < -0.3 is 5.73 Å². The summed E-state index contributed by atoms with van der Waals surface area (Å²) < 4.78 is 0. The number of hydrogen-bond acceptors (Lipinski definition) is 1. The molecule has 0 aromatic heterocycles. The van der Waals surface area contributed by atoms with Crippen molar-refractivity contribution in [2.75, 3.05) is 0 Å². The van der Waals surface area contributed by atoms with Gasteiger partial charge >= 0.3 is 0 Å². The lowest BCUT2D eigenvalue weighted by Crippen LogP contribution is -1.85. The largest absolute Gasteiger partial charge is 0.404 e. The molecule has 0 saturated heterocycles. The number of rotatable bonds is 4. The molecule has 0 bridgehead atoms. The maximum atomic E-state index is 5.29. The number of unbranched alkanes of at least 4 members (excludes halogenated alkanes) is 1. The molecule has 0 unspecified atom stereocenters. The van der Waals surface area contributed by atoms with Crippen LogP contribution in [0.4, 0.5) is 0 Å². The Bertz CT molecular complexity index is 103. The van der Waals surface area contributed by atoms with Gasteiger partial charge in [0.05, 0.1) is 0 Å². The molecule has 0 aliphatic rings. The van der Waals surface area contributed by atoms with E-state index < -0.39 is 0 Å². The molecule has 0 aliphatic carbocycles. The second-order valence-corrected chi connectivity index (χ2v) is 2.05. The predicted molar refractivity (Wildman–Crippen MR) is 53.3 cm³/mol. The molecule has 11 heavy (non-hydrogen) atoms. The molecule has 0 radical (unpaired) electrons. The van der Waals surface area contributed by atoms with Gasteiger partial charge in [-0.2, -0.15) is 0 Å². The van der Waals surface area contributed by atoms with E-state index in [1.807, 2.05) is 19.9 Å². The first-order chi connectivity index (χ1) is 5.35. The van der Waals surface area contributed by atoms with Crippen LogP contribution in [0.3, 0.4) is 0 Å². The zero-order valence-electron chi connectivity index (χ0n) is 8.06. The molecule has 66 valence electrons. The van der Waals surface area contributed by atoms with Gasteiger partial charge in [0, 0.05) is 0 Å². The third-order valence-corrected chi connectivity index (χ3v) is 1.30. The van der Waals surface area contributed by atoms with Gasteiger partial charge in [-0.05, 0) is 24.6 Å². The first kappa shape index (κ1) is 12.9. The summed E-state index contributed by atoms with van der Waals surface area (Å²) in [6.07, 6.45) is 6.93. The third kappa shape index (κ3) is 9.28. The van der Waals surface area contributed by atoms with Crippen molar-refractivity contribution in [3.8, 4) is 0 Å². The van der Waals surface area contributed by atoms with Gasteiger partial charge in [0.15, 0.2) is 0 Å². The van der Waals surface area contributed by atoms with Crippen LogP contribution in [0.2, 0.25) is 0 Å². The van der Waals surface area contributed by atoms with Gasteiger partial charge in [0.25, 0.3) is 0 Å². The van der Waals surface area contributed by atoms with Crippen molar-refractivity contribution >= 4 is 0 Å². The van der Waals surface area contributed by atoms with Crippen molar-refractivity contribution in [1.82, 2.24) is 0 Å². The lowest BCUT2D eigenvalue weighted by Gasteiger charge is -1.96. The summed E-state index contributed by atoms with van der Waals surface area (Å²) in [5, 5.41) is 0. The Morgan fingerprint density at radius 1 is 1.45 bits per heavy atom. The van der Waals surface area contributed by atoms with Crippen LogP contribution in [0, 0.1) is 0 Å². The summed E-state index contributed by atoms with van der Waals surface area (Å²) in [6.45, 7) is 9.80. The van der Waals surface area contributed by atoms with Crippen molar-refractivity contribution in [2.24, 2.45) is 5.73 Å². The summed E-state index contributed by atoms with van der Waals surface area (Å²) >= 11 is 0. The highest BCUT2D eigenvalue weighted by atomic mass is 14.5. The fourth-order valence-electron chi connectivity index (χ4n) is 0.634. The van der Waals surface area contributed by atoms with E-state index in [2.05, 4.69) is 13.5 Å². The van der Waals surface area contributed by atoms with Gasteiger partial charge in [0.1, 0.15) is 0 Å². The molecule has 0 saturated carbocycles. The molecule has 0 atom stereocenters. The molecule has 1 nitrogen and oxygen atoms in total. The van der Waals surface area contributed by atoms with Crippen molar-refractivity contribution in [2.45, 2.75) is 40.0 Å². The number of hydrogen-bond donors (Lipinski definition) is 1. The van der Waals surface area contributed by atoms with Crippen LogP contribution >= 0.6 is 0 Å². The minimum atomic E-state index is 1.07. The standard InChI is InChI=1S/C8H15N.C2H6/c1-3-5-6-8(4-2)7-9;1-2/h4,7H,2-3,5-6,9H2,1H3;1-2H3/b8-7+;. The van der Waals surface area contributed by atoms with Crippen molar-refractivity contribution < 1.29 is 0 Å². The molecule has 2 N–H and O–H groups in total. The van der Waals surface area contributed by atoms with E-state index >= 15 is 0 Å². The fourth-order valence-corrected chi connectivity index (χ4v) is 0.634. The predicted octanol–water partition coefficient (Wildman–Crippen LogP) is 3.23. The van der Waals surface area contributed by atoms with Crippen LogP contribution in [0.25, 0.3) is 0 Å². The Labute approximate surface area is 71.0 Å². The monoisotopic (exact) mass is 155 g/mol. The van der Waals surface area contributed by atoms with Crippen molar-refractivity contribution in [1.29, 1.82) is 0 Å². The Morgan fingerprint density at radius 2 is 2.00 bits per heavy atom. The van der Waals surface area contributed by atoms with Crippen LogP contribution in [-0.2, 0) is 0 Å². The lowest BCUT2D eigenvalue weighted by atomic mass is 10.1. The van der Waals surface area contributed by atoms with E-state index in [0.717, 1.165) is 12.0 Å². The quantitative estimate of drug-likeness (QED) is 0.620. The van der Waals surface area contributed by atoms with E-state index in [1.165, 1.54) is 12.8 Å². The Kier molecular flexibility index (Phi) is 14.1. The molecular formula is C10H21N. The van der Waals surface area contributed by atoms with Gasteiger partial charge in [-0.25, -0.2) is 0 Å². The van der Waals surface area contributed by atoms with Gasteiger partial charge in [-0.15, -0.1) is 0 Å². The zero-order valence-corrected chi connectivity index (χ0v) is 8.06. The molecule has 0 spiro atoms. The molecule has 0 aromatic carbocycles. The van der Waals surface area contributed by atoms with Crippen LogP contribution < -0.4 is 5.73 Å². The summed E-state index contributed by atoms with van der Waals surface area (Å²) in [6, 6.07) is 0. The number of nitrogens with two attached hydrogens (primary N) is 1. The third-order valence-electron chi connectivity index (χ3n) is 1.30. The first-order valence-electron chi connectivity index (χ1n) is 4.38. The molecule has 0 aromatic rings. The molecular weight excluding hydrogens is 134 g/mol. The van der Waals surface area contributed by atoms with Crippen LogP contribution in [0.15, 0.2) is 24.4 Å². The molecule has 0 aliphatic heterocycles. The van der Waals surface area contributed by atoms with Crippen LogP contribution in [0.5, 0.6) is 0 Å². The smallest absolute Gasteiger partial charge is 0.00299 e. The molecule has 0 amide bonds. The van der Waals surface area contributed by atoms with Gasteiger partial charge in [-0.1, -0.05) is 39.8 Å². The van der Waals surface area contributed by atoms with Gasteiger partial charge in [-0.3, -0.25) is 0 Å². The van der Waals surface area contributed by atoms with Crippen molar-refractivity contribution in [3.05, 3.63) is 24.4 Å². The minimum absolute atomic E-state index is 1.07. The topological polar surface area (TPSA) is 26.0 Å². The highest BCUT2D eigenvalue weighted by Crippen LogP contribution is 2.05. The fraction of sp³-hybridized carbons (Fsp3) is 0.600. The molecule has 0 rings (SSSR count). The second-order valence-electron chi connectivity index (χ2n) is 2.05. The maximum Gasteiger partial charge on any atom is -0.00299 e. The lowest BCUT2D eigenvalue weighted by molar-refractivity contribution is 0.796. The average molecular weight is 155 g/mol. The molecule has 0 fully saturated rings. The van der Waals surface area contributed by atoms with E-state index in [0.29, 0.717) is 0 Å². The second kappa shape index (κ2) is 12.0. The van der Waals surface area contributed by atoms with Crippen LogP contribution in [0.1, 0.15) is 40.0 Å².